The number of benzene rings is 1. The highest BCUT2D eigenvalue weighted by Gasteiger charge is 2.55. The number of nitrogens with one attached hydrogen (secondary N) is 1. The molecule has 3 atom stereocenters. The van der Waals surface area contributed by atoms with Crippen LogP contribution in [0.5, 0.6) is 0 Å². The molecule has 2 aromatic rings. The summed E-state index contributed by atoms with van der Waals surface area (Å²) < 4.78 is 6.37. The normalized spacial score (nSPS) is 25.5. The van der Waals surface area contributed by atoms with Crippen molar-refractivity contribution in [3.05, 3.63) is 45.7 Å². The number of rotatable bonds is 7. The Morgan fingerprint density at radius 1 is 1.14 bits per heavy atom. The Kier molecular flexibility index (Phi) is 5.88. The van der Waals surface area contributed by atoms with E-state index in [0.717, 1.165) is 42.0 Å². The summed E-state index contributed by atoms with van der Waals surface area (Å²) >= 11 is 0. The van der Waals surface area contributed by atoms with Crippen LogP contribution in [0.3, 0.4) is 0 Å². The number of H-pyrrole nitrogens is 1. The summed E-state index contributed by atoms with van der Waals surface area (Å²) in [6.45, 7) is 3.81. The molecule has 2 saturated carbocycles. The molecule has 0 radical (unpaired) electrons. The Bertz CT molecular complexity index is 867. The van der Waals surface area contributed by atoms with E-state index in [9.17, 15) is 4.79 Å². The minimum atomic E-state index is 0.0409. The molecule has 0 aliphatic heterocycles. The van der Waals surface area contributed by atoms with Crippen LogP contribution in [-0.4, -0.2) is 43.2 Å². The molecule has 0 saturated heterocycles. The fourth-order valence-electron chi connectivity index (χ4n) is 5.12. The van der Waals surface area contributed by atoms with Crippen molar-refractivity contribution < 1.29 is 4.74 Å². The smallest absolute Gasteiger partial charge is 0.251 e. The van der Waals surface area contributed by atoms with E-state index in [2.05, 4.69) is 48.2 Å². The quantitative estimate of drug-likeness (QED) is 0.775. The summed E-state index contributed by atoms with van der Waals surface area (Å²) in [5.41, 5.74) is 3.22. The molecule has 0 spiro atoms. The van der Waals surface area contributed by atoms with Gasteiger partial charge in [0.2, 0.25) is 0 Å². The second kappa shape index (κ2) is 8.38. The number of ether oxygens (including phenoxy) is 1. The number of hydrogen-bond acceptors (Lipinski definition) is 3. The van der Waals surface area contributed by atoms with Gasteiger partial charge in [0.15, 0.2) is 0 Å². The number of pyridine rings is 1. The number of aryl methyl sites for hydroxylation is 1. The van der Waals surface area contributed by atoms with E-state index in [1.165, 1.54) is 37.7 Å². The van der Waals surface area contributed by atoms with Gasteiger partial charge in [0.05, 0.1) is 12.7 Å². The first-order valence-corrected chi connectivity index (χ1v) is 11.0. The van der Waals surface area contributed by atoms with Crippen molar-refractivity contribution in [3.63, 3.8) is 0 Å². The fourth-order valence-corrected chi connectivity index (χ4v) is 5.12. The van der Waals surface area contributed by atoms with E-state index in [1.807, 2.05) is 6.92 Å². The van der Waals surface area contributed by atoms with Gasteiger partial charge in [-0.3, -0.25) is 4.79 Å². The molecule has 4 nitrogen and oxygen atoms in total. The number of nitrogens with zero attached hydrogens (tertiary/aromatic N) is 1. The topological polar surface area (TPSA) is 45.3 Å². The highest BCUT2D eigenvalue weighted by molar-refractivity contribution is 5.80. The minimum Gasteiger partial charge on any atom is -0.376 e. The number of fused-ring (bicyclic) bond motifs is 1. The van der Waals surface area contributed by atoms with Crippen molar-refractivity contribution in [2.24, 2.45) is 11.8 Å². The first-order chi connectivity index (χ1) is 13.6. The third-order valence-electron chi connectivity index (χ3n) is 6.76. The van der Waals surface area contributed by atoms with Gasteiger partial charge in [0.25, 0.3) is 5.56 Å². The molecular weight excluding hydrogens is 348 g/mol. The predicted octanol–water partition coefficient (Wildman–Crippen LogP) is 4.33. The molecule has 1 heterocycles. The predicted molar refractivity (Wildman–Crippen MR) is 115 cm³/mol. The van der Waals surface area contributed by atoms with Gasteiger partial charge in [-0.2, -0.15) is 0 Å². The largest absolute Gasteiger partial charge is 0.376 e. The summed E-state index contributed by atoms with van der Waals surface area (Å²) in [5, 5.41) is 1.15. The maximum atomic E-state index is 12.1. The highest BCUT2D eigenvalue weighted by atomic mass is 16.5. The summed E-state index contributed by atoms with van der Waals surface area (Å²) in [6, 6.07) is 8.65. The lowest BCUT2D eigenvalue weighted by molar-refractivity contribution is 0.0829. The maximum absolute atomic E-state index is 12.1. The van der Waals surface area contributed by atoms with Gasteiger partial charge in [-0.1, -0.05) is 45.1 Å². The molecule has 0 bridgehead atoms. The van der Waals surface area contributed by atoms with Crippen LogP contribution in [0.2, 0.25) is 0 Å². The van der Waals surface area contributed by atoms with E-state index in [4.69, 9.17) is 4.74 Å². The number of hydrogen-bond donors (Lipinski definition) is 1. The lowest BCUT2D eigenvalue weighted by atomic mass is 9.84. The van der Waals surface area contributed by atoms with Crippen molar-refractivity contribution in [1.29, 1.82) is 0 Å². The van der Waals surface area contributed by atoms with Gasteiger partial charge < -0.3 is 14.6 Å². The summed E-state index contributed by atoms with van der Waals surface area (Å²) in [4.78, 5) is 17.3. The van der Waals surface area contributed by atoms with Gasteiger partial charge in [-0.05, 0) is 61.5 Å². The molecule has 3 unspecified atom stereocenters. The molecule has 4 rings (SSSR count). The molecule has 1 aromatic heterocycles. The van der Waals surface area contributed by atoms with E-state index >= 15 is 0 Å². The molecule has 2 fully saturated rings. The molecule has 0 amide bonds. The maximum Gasteiger partial charge on any atom is 0.251 e. The molecule has 2 aliphatic rings. The number of likely N-dealkylation sites (N-methyl/N-ethyl adjacent to an activating group) is 1. The van der Waals surface area contributed by atoms with Crippen LogP contribution in [0.1, 0.15) is 56.1 Å². The SMILES string of the molecule is CCc1cc2cc(C3C(OCCN(C)C)C3C3CCCCC3)ccc2[nH]c1=O. The second-order valence-electron chi connectivity index (χ2n) is 8.96. The van der Waals surface area contributed by atoms with E-state index < -0.39 is 0 Å². The summed E-state index contributed by atoms with van der Waals surface area (Å²) in [6.07, 6.45) is 7.97. The average molecular weight is 383 g/mol. The molecule has 2 aliphatic carbocycles. The summed E-state index contributed by atoms with van der Waals surface area (Å²) in [5.74, 6) is 1.97. The zero-order chi connectivity index (χ0) is 19.7. The Hall–Kier alpha value is -1.65. The first-order valence-electron chi connectivity index (χ1n) is 11.0. The van der Waals surface area contributed by atoms with Crippen LogP contribution in [0.25, 0.3) is 10.9 Å². The van der Waals surface area contributed by atoms with E-state index in [1.54, 1.807) is 0 Å². The van der Waals surface area contributed by atoms with Gasteiger partial charge in [-0.15, -0.1) is 0 Å². The van der Waals surface area contributed by atoms with Gasteiger partial charge in [-0.25, -0.2) is 0 Å². The third kappa shape index (κ3) is 4.04. The standard InChI is InChI=1S/C24H34N2O2/c1-4-16-14-19-15-18(10-11-20(19)25-24(16)27)22-21(17-8-6-5-7-9-17)23(22)28-13-12-26(2)3/h10-11,14-15,17,21-23H,4-9,12-13H2,1-3H3,(H,25,27). The number of aromatic amines is 1. The number of aromatic nitrogens is 1. The lowest BCUT2D eigenvalue weighted by Crippen LogP contribution is -2.19. The molecule has 152 valence electrons. The van der Waals surface area contributed by atoms with Crippen LogP contribution in [0.4, 0.5) is 0 Å². The molecule has 1 N–H and O–H groups in total. The Labute approximate surface area is 168 Å². The Balaban J connectivity index is 1.58. The third-order valence-corrected chi connectivity index (χ3v) is 6.76. The van der Waals surface area contributed by atoms with Crippen molar-refractivity contribution in [3.8, 4) is 0 Å². The molecule has 4 heteroatoms. The average Bonchev–Trinajstić information content (AvgIpc) is 3.41. The van der Waals surface area contributed by atoms with Gasteiger partial charge in [0.1, 0.15) is 0 Å². The van der Waals surface area contributed by atoms with E-state index in [-0.39, 0.29) is 5.56 Å². The zero-order valence-electron chi connectivity index (χ0n) is 17.5. The van der Waals surface area contributed by atoms with Gasteiger partial charge >= 0.3 is 0 Å². The van der Waals surface area contributed by atoms with Crippen molar-refractivity contribution in [2.45, 2.75) is 57.5 Å². The lowest BCUT2D eigenvalue weighted by Gasteiger charge is -2.22. The van der Waals surface area contributed by atoms with Crippen LogP contribution in [0.15, 0.2) is 29.1 Å². The van der Waals surface area contributed by atoms with E-state index in [0.29, 0.717) is 17.9 Å². The fraction of sp³-hybridized carbons (Fsp3) is 0.625. The van der Waals surface area contributed by atoms with Gasteiger partial charge in [0, 0.05) is 23.5 Å². The molecule has 1 aromatic carbocycles. The van der Waals surface area contributed by atoms with Crippen LogP contribution < -0.4 is 5.56 Å². The Morgan fingerprint density at radius 3 is 2.64 bits per heavy atom. The first kappa shape index (κ1) is 19.7. The second-order valence-corrected chi connectivity index (χ2v) is 8.96. The van der Waals surface area contributed by atoms with Crippen LogP contribution in [0, 0.1) is 11.8 Å². The van der Waals surface area contributed by atoms with Crippen LogP contribution >= 0.6 is 0 Å². The molecular formula is C24H34N2O2. The Morgan fingerprint density at radius 2 is 1.93 bits per heavy atom. The highest BCUT2D eigenvalue weighted by Crippen LogP contribution is 2.57. The van der Waals surface area contributed by atoms with Crippen molar-refractivity contribution >= 4 is 10.9 Å². The van der Waals surface area contributed by atoms with Crippen molar-refractivity contribution in [2.75, 3.05) is 27.2 Å². The van der Waals surface area contributed by atoms with Crippen LogP contribution in [-0.2, 0) is 11.2 Å². The zero-order valence-corrected chi connectivity index (χ0v) is 17.5. The summed E-state index contributed by atoms with van der Waals surface area (Å²) in [7, 11) is 4.20. The monoisotopic (exact) mass is 382 g/mol. The molecule has 28 heavy (non-hydrogen) atoms. The minimum absolute atomic E-state index is 0.0409. The van der Waals surface area contributed by atoms with Crippen molar-refractivity contribution in [1.82, 2.24) is 9.88 Å².